The smallest absolute Gasteiger partial charge is 0.339 e. The lowest BCUT2D eigenvalue weighted by atomic mass is 10.1. The van der Waals surface area contributed by atoms with Gasteiger partial charge in [0.15, 0.2) is 6.61 Å². The molecule has 2 rings (SSSR count). The van der Waals surface area contributed by atoms with Gasteiger partial charge in [0.25, 0.3) is 5.91 Å². The molecule has 0 unspecified atom stereocenters. The Hall–Kier alpha value is -3.15. The Balaban J connectivity index is 2.00. The van der Waals surface area contributed by atoms with Crippen molar-refractivity contribution in [3.05, 3.63) is 71.3 Å². The molecule has 0 heterocycles. The van der Waals surface area contributed by atoms with Crippen molar-refractivity contribution in [1.82, 2.24) is 4.90 Å². The van der Waals surface area contributed by atoms with E-state index in [-0.39, 0.29) is 17.0 Å². The van der Waals surface area contributed by atoms with Crippen LogP contribution in [-0.2, 0) is 20.8 Å². The highest BCUT2D eigenvalue weighted by Gasteiger charge is 2.20. The molecule has 0 atom stereocenters. The van der Waals surface area contributed by atoms with Crippen molar-refractivity contribution < 1.29 is 23.9 Å². The van der Waals surface area contributed by atoms with Gasteiger partial charge < -0.3 is 14.4 Å². The van der Waals surface area contributed by atoms with Gasteiger partial charge in [-0.3, -0.25) is 4.79 Å². The minimum Gasteiger partial charge on any atom is -0.465 e. The van der Waals surface area contributed by atoms with Crippen LogP contribution in [0.2, 0.25) is 0 Å². The third kappa shape index (κ3) is 4.92. The fraction of sp³-hybridized carbons (Fsp3) is 0.250. The summed E-state index contributed by atoms with van der Waals surface area (Å²) >= 11 is 0. The zero-order valence-corrected chi connectivity index (χ0v) is 14.8. The fourth-order valence-electron chi connectivity index (χ4n) is 2.43. The van der Waals surface area contributed by atoms with Gasteiger partial charge in [-0.05, 0) is 24.6 Å². The second-order valence-electron chi connectivity index (χ2n) is 5.51. The van der Waals surface area contributed by atoms with Crippen LogP contribution in [0.25, 0.3) is 0 Å². The summed E-state index contributed by atoms with van der Waals surface area (Å²) < 4.78 is 9.76. The van der Waals surface area contributed by atoms with E-state index in [1.165, 1.54) is 19.2 Å². The number of hydrogen-bond acceptors (Lipinski definition) is 5. The predicted octanol–water partition coefficient (Wildman–Crippen LogP) is 2.68. The zero-order valence-electron chi connectivity index (χ0n) is 14.8. The van der Waals surface area contributed by atoms with E-state index < -0.39 is 18.5 Å². The molecule has 0 saturated carbocycles. The summed E-state index contributed by atoms with van der Waals surface area (Å²) in [5.41, 5.74) is 1.16. The molecule has 0 radical (unpaired) electrons. The molecule has 0 saturated heterocycles. The average molecular weight is 355 g/mol. The van der Waals surface area contributed by atoms with E-state index >= 15 is 0 Å². The highest BCUT2D eigenvalue weighted by Crippen LogP contribution is 2.12. The number of hydrogen-bond donors (Lipinski definition) is 0. The maximum atomic E-state index is 12.3. The van der Waals surface area contributed by atoms with Crippen molar-refractivity contribution in [3.63, 3.8) is 0 Å². The van der Waals surface area contributed by atoms with Gasteiger partial charge in [-0.2, -0.15) is 0 Å². The fourth-order valence-corrected chi connectivity index (χ4v) is 2.43. The summed E-state index contributed by atoms with van der Waals surface area (Å²) in [6.07, 6.45) is 0. The Labute approximate surface area is 152 Å². The molecule has 0 N–H and O–H groups in total. The summed E-state index contributed by atoms with van der Waals surface area (Å²) in [4.78, 5) is 37.9. The zero-order chi connectivity index (χ0) is 18.9. The lowest BCUT2D eigenvalue weighted by molar-refractivity contribution is -0.134. The van der Waals surface area contributed by atoms with E-state index in [9.17, 15) is 14.4 Å². The van der Waals surface area contributed by atoms with E-state index in [0.717, 1.165) is 5.56 Å². The normalized spacial score (nSPS) is 10.1. The van der Waals surface area contributed by atoms with Gasteiger partial charge in [0.2, 0.25) is 0 Å². The molecule has 0 fully saturated rings. The van der Waals surface area contributed by atoms with Crippen LogP contribution in [0, 0.1) is 0 Å². The second kappa shape index (κ2) is 9.36. The first-order valence-corrected chi connectivity index (χ1v) is 8.23. The third-order valence-electron chi connectivity index (χ3n) is 3.83. The van der Waals surface area contributed by atoms with Gasteiger partial charge in [-0.1, -0.05) is 42.5 Å². The molecule has 6 nitrogen and oxygen atoms in total. The molecular weight excluding hydrogens is 334 g/mol. The van der Waals surface area contributed by atoms with Crippen molar-refractivity contribution in [1.29, 1.82) is 0 Å². The number of benzene rings is 2. The van der Waals surface area contributed by atoms with Gasteiger partial charge in [0, 0.05) is 13.1 Å². The number of methoxy groups -OCH3 is 1. The second-order valence-corrected chi connectivity index (χ2v) is 5.51. The van der Waals surface area contributed by atoms with Gasteiger partial charge in [0.1, 0.15) is 0 Å². The number of nitrogens with zero attached hydrogens (tertiary/aromatic N) is 1. The van der Waals surface area contributed by atoms with Crippen molar-refractivity contribution >= 4 is 17.8 Å². The monoisotopic (exact) mass is 355 g/mol. The molecule has 0 bridgehead atoms. The Bertz CT molecular complexity index is 773. The Morgan fingerprint density at radius 2 is 1.46 bits per heavy atom. The first kappa shape index (κ1) is 19.2. The quantitative estimate of drug-likeness (QED) is 0.714. The number of carbonyl (C=O) groups is 3. The highest BCUT2D eigenvalue weighted by molar-refractivity contribution is 6.03. The predicted molar refractivity (Wildman–Crippen MR) is 95.6 cm³/mol. The number of carbonyl (C=O) groups excluding carboxylic acids is 3. The molecule has 6 heteroatoms. The number of esters is 2. The molecule has 0 aromatic heterocycles. The first-order valence-electron chi connectivity index (χ1n) is 8.23. The molecule has 0 aliphatic rings. The van der Waals surface area contributed by atoms with E-state index in [2.05, 4.69) is 4.74 Å². The maximum Gasteiger partial charge on any atom is 0.339 e. The van der Waals surface area contributed by atoms with E-state index in [1.807, 2.05) is 37.3 Å². The van der Waals surface area contributed by atoms with Crippen molar-refractivity contribution in [2.24, 2.45) is 0 Å². The Morgan fingerprint density at radius 1 is 0.885 bits per heavy atom. The summed E-state index contributed by atoms with van der Waals surface area (Å²) in [5, 5.41) is 0. The van der Waals surface area contributed by atoms with Crippen LogP contribution in [0.3, 0.4) is 0 Å². The van der Waals surface area contributed by atoms with Crippen LogP contribution in [0.5, 0.6) is 0 Å². The van der Waals surface area contributed by atoms with Crippen LogP contribution in [-0.4, -0.2) is 43.0 Å². The SMILES string of the molecule is CCN(Cc1ccccc1)C(=O)COC(=O)c1ccccc1C(=O)OC. The van der Waals surface area contributed by atoms with Crippen molar-refractivity contribution in [2.75, 3.05) is 20.3 Å². The van der Waals surface area contributed by atoms with Crippen LogP contribution < -0.4 is 0 Å². The largest absolute Gasteiger partial charge is 0.465 e. The number of ether oxygens (including phenoxy) is 2. The molecule has 2 aromatic carbocycles. The topological polar surface area (TPSA) is 72.9 Å². The highest BCUT2D eigenvalue weighted by atomic mass is 16.5. The number of amides is 1. The minimum absolute atomic E-state index is 0.0678. The van der Waals surface area contributed by atoms with E-state index in [0.29, 0.717) is 13.1 Å². The molecule has 2 aromatic rings. The summed E-state index contributed by atoms with van der Waals surface area (Å²) in [6, 6.07) is 15.7. The number of rotatable bonds is 7. The molecule has 1 amide bonds. The molecule has 0 aliphatic carbocycles. The molecule has 26 heavy (non-hydrogen) atoms. The first-order chi connectivity index (χ1) is 12.6. The number of likely N-dealkylation sites (N-methyl/N-ethyl adjacent to an activating group) is 1. The van der Waals surface area contributed by atoms with E-state index in [1.54, 1.807) is 17.0 Å². The summed E-state index contributed by atoms with van der Waals surface area (Å²) in [7, 11) is 1.23. The van der Waals surface area contributed by atoms with Crippen LogP contribution in [0.15, 0.2) is 54.6 Å². The van der Waals surface area contributed by atoms with Gasteiger partial charge in [0.05, 0.1) is 18.2 Å². The van der Waals surface area contributed by atoms with Gasteiger partial charge in [-0.25, -0.2) is 9.59 Å². The molecule has 0 spiro atoms. The van der Waals surface area contributed by atoms with Crippen molar-refractivity contribution in [3.8, 4) is 0 Å². The Kier molecular flexibility index (Phi) is 6.91. The molecular formula is C20H21NO5. The van der Waals surface area contributed by atoms with Crippen LogP contribution >= 0.6 is 0 Å². The summed E-state index contributed by atoms with van der Waals surface area (Å²) in [5.74, 6) is -1.68. The lowest BCUT2D eigenvalue weighted by Crippen LogP contribution is -2.34. The maximum absolute atomic E-state index is 12.3. The van der Waals surface area contributed by atoms with Gasteiger partial charge >= 0.3 is 11.9 Å². The van der Waals surface area contributed by atoms with Crippen molar-refractivity contribution in [2.45, 2.75) is 13.5 Å². The van der Waals surface area contributed by atoms with Crippen LogP contribution in [0.4, 0.5) is 0 Å². The third-order valence-corrected chi connectivity index (χ3v) is 3.83. The van der Waals surface area contributed by atoms with Crippen LogP contribution in [0.1, 0.15) is 33.2 Å². The Morgan fingerprint density at radius 3 is 2.04 bits per heavy atom. The average Bonchev–Trinajstić information content (AvgIpc) is 2.70. The standard InChI is InChI=1S/C20H21NO5/c1-3-21(13-15-9-5-4-6-10-15)18(22)14-26-20(24)17-12-8-7-11-16(17)19(23)25-2/h4-12H,3,13-14H2,1-2H3. The van der Waals surface area contributed by atoms with E-state index in [4.69, 9.17) is 4.74 Å². The molecule has 0 aliphatic heterocycles. The summed E-state index contributed by atoms with van der Waals surface area (Å²) in [6.45, 7) is 2.39. The molecule has 136 valence electrons. The lowest BCUT2D eigenvalue weighted by Gasteiger charge is -2.21. The van der Waals surface area contributed by atoms with Gasteiger partial charge in [-0.15, -0.1) is 0 Å². The minimum atomic E-state index is -0.741.